The average molecular weight is 478 g/mol. The van der Waals surface area contributed by atoms with Crippen LogP contribution in [0.15, 0.2) is 54.6 Å². The minimum atomic E-state index is -0.858. The number of pyridine rings is 1. The fraction of sp³-hybridized carbons (Fsp3) is 0.333. The minimum absolute atomic E-state index is 0.0169. The predicted molar refractivity (Wildman–Crippen MR) is 134 cm³/mol. The molecule has 0 radical (unpaired) electrons. The van der Waals surface area contributed by atoms with E-state index in [0.717, 1.165) is 40.6 Å². The van der Waals surface area contributed by atoms with Gasteiger partial charge in [0.2, 0.25) is 0 Å². The van der Waals surface area contributed by atoms with Gasteiger partial charge in [-0.3, -0.25) is 0 Å². The van der Waals surface area contributed by atoms with E-state index in [0.29, 0.717) is 29.0 Å². The Morgan fingerprint density at radius 2 is 1.65 bits per heavy atom. The molecule has 1 aliphatic heterocycles. The molecule has 1 aliphatic rings. The molecule has 0 saturated carbocycles. The summed E-state index contributed by atoms with van der Waals surface area (Å²) >= 11 is 6.58. The van der Waals surface area contributed by atoms with E-state index in [4.69, 9.17) is 26.1 Å². The Morgan fingerprint density at radius 1 is 1.00 bits per heavy atom. The molecule has 176 valence electrons. The van der Waals surface area contributed by atoms with E-state index in [1.54, 1.807) is 13.8 Å². The Balaban J connectivity index is 1.36. The quantitative estimate of drug-likeness (QED) is 0.362. The first-order valence-electron chi connectivity index (χ1n) is 11.5. The summed E-state index contributed by atoms with van der Waals surface area (Å²) in [6.07, 6.45) is 2.16. The number of H-pyrrole nitrogens is 1. The number of nitrogens with one attached hydrogen (secondary N) is 1. The monoisotopic (exact) mass is 477 g/mol. The smallest absolute Gasteiger partial charge is 0.296 e. The summed E-state index contributed by atoms with van der Waals surface area (Å²) in [5.41, 5.74) is 5.04. The van der Waals surface area contributed by atoms with Crippen LogP contribution in [0.3, 0.4) is 0 Å². The third-order valence-corrected chi connectivity index (χ3v) is 6.52. The summed E-state index contributed by atoms with van der Waals surface area (Å²) in [5.74, 6) is 0. The summed E-state index contributed by atoms with van der Waals surface area (Å²) in [6, 6.07) is 18.3. The summed E-state index contributed by atoms with van der Waals surface area (Å²) < 4.78 is 11.7. The second kappa shape index (κ2) is 9.02. The van der Waals surface area contributed by atoms with Crippen LogP contribution < -0.4 is 4.74 Å². The molecule has 0 aliphatic carbocycles. The van der Waals surface area contributed by atoms with Gasteiger partial charge >= 0.3 is 0 Å². The molecule has 1 saturated heterocycles. The van der Waals surface area contributed by atoms with E-state index < -0.39 is 5.60 Å². The maximum absolute atomic E-state index is 10.2. The second-order valence-corrected chi connectivity index (χ2v) is 9.81. The van der Waals surface area contributed by atoms with Crippen LogP contribution in [0.4, 0.5) is 0 Å². The van der Waals surface area contributed by atoms with Gasteiger partial charge < -0.3 is 19.6 Å². The molecule has 34 heavy (non-hydrogen) atoms. The minimum Gasteiger partial charge on any atom is -0.459 e. The first-order chi connectivity index (χ1) is 16.3. The SMILES string of the molecule is C[C@@H]1CC[C@@H](Oc2nc3nc(-c4ccc(-c5ccc(C(C)(C)O)cc5)cc4)c(Cl)cc3[nH]2)CO1. The van der Waals surface area contributed by atoms with Crippen LogP contribution in [0.2, 0.25) is 5.02 Å². The number of aliphatic hydroxyl groups is 1. The van der Waals surface area contributed by atoms with Gasteiger partial charge in [0.05, 0.1) is 34.5 Å². The molecule has 0 amide bonds. The average Bonchev–Trinajstić information content (AvgIpc) is 3.20. The number of hydrogen-bond acceptors (Lipinski definition) is 5. The standard InChI is InChI=1S/C27H28ClN3O3/c1-16-4-13-21(15-33-16)34-26-29-23-14-22(28)24(30-25(23)31-26)19-7-5-17(6-8-19)18-9-11-20(12-10-18)27(2,3)32/h5-12,14,16,21,32H,4,13,15H2,1-3H3,(H,29,30,31)/t16-,21-/m1/s1. The molecule has 0 bridgehead atoms. The lowest BCUT2D eigenvalue weighted by Gasteiger charge is -2.26. The molecule has 6 nitrogen and oxygen atoms in total. The van der Waals surface area contributed by atoms with E-state index in [9.17, 15) is 5.11 Å². The highest BCUT2D eigenvalue weighted by Crippen LogP contribution is 2.32. The normalized spacial score (nSPS) is 18.9. The molecule has 5 rings (SSSR count). The number of hydrogen-bond donors (Lipinski definition) is 2. The highest BCUT2D eigenvalue weighted by molar-refractivity contribution is 6.33. The summed E-state index contributed by atoms with van der Waals surface area (Å²) in [7, 11) is 0. The number of nitrogens with zero attached hydrogens (tertiary/aromatic N) is 2. The largest absolute Gasteiger partial charge is 0.459 e. The molecule has 3 heterocycles. The van der Waals surface area contributed by atoms with Gasteiger partial charge in [0.15, 0.2) is 5.65 Å². The predicted octanol–water partition coefficient (Wildman–Crippen LogP) is 6.12. The maximum Gasteiger partial charge on any atom is 0.296 e. The number of benzene rings is 2. The van der Waals surface area contributed by atoms with Gasteiger partial charge in [-0.15, -0.1) is 0 Å². The van der Waals surface area contributed by atoms with Crippen molar-refractivity contribution < 1.29 is 14.6 Å². The number of aromatic nitrogens is 3. The van der Waals surface area contributed by atoms with Gasteiger partial charge in [-0.25, -0.2) is 4.98 Å². The fourth-order valence-electron chi connectivity index (χ4n) is 4.15. The lowest BCUT2D eigenvalue weighted by atomic mass is 9.95. The number of imidazole rings is 1. The van der Waals surface area contributed by atoms with Crippen LogP contribution in [0.5, 0.6) is 6.01 Å². The van der Waals surface area contributed by atoms with Gasteiger partial charge in [0.1, 0.15) is 6.10 Å². The van der Waals surface area contributed by atoms with Gasteiger partial charge in [-0.1, -0.05) is 60.1 Å². The zero-order chi connectivity index (χ0) is 23.9. The summed E-state index contributed by atoms with van der Waals surface area (Å²) in [6.45, 7) is 6.20. The van der Waals surface area contributed by atoms with E-state index in [-0.39, 0.29) is 12.2 Å². The van der Waals surface area contributed by atoms with Crippen LogP contribution in [-0.4, -0.2) is 38.9 Å². The number of aromatic amines is 1. The third kappa shape index (κ3) is 4.80. The van der Waals surface area contributed by atoms with Crippen molar-refractivity contribution in [1.82, 2.24) is 15.0 Å². The Morgan fingerprint density at radius 3 is 2.26 bits per heavy atom. The van der Waals surface area contributed by atoms with Crippen LogP contribution in [0, 0.1) is 0 Å². The molecule has 2 atom stereocenters. The summed E-state index contributed by atoms with van der Waals surface area (Å²) in [5, 5.41) is 10.7. The lowest BCUT2D eigenvalue weighted by molar-refractivity contribution is -0.0397. The number of fused-ring (bicyclic) bond motifs is 1. The molecule has 7 heteroatoms. The van der Waals surface area contributed by atoms with Crippen LogP contribution in [-0.2, 0) is 10.3 Å². The Bertz CT molecular complexity index is 1290. The Labute approximate surface area is 203 Å². The molecule has 4 aromatic rings. The summed E-state index contributed by atoms with van der Waals surface area (Å²) in [4.78, 5) is 12.4. The molecule has 2 aromatic carbocycles. The van der Waals surface area contributed by atoms with E-state index in [2.05, 4.69) is 16.9 Å². The van der Waals surface area contributed by atoms with Crippen LogP contribution in [0.1, 0.15) is 39.2 Å². The van der Waals surface area contributed by atoms with Crippen molar-refractivity contribution in [2.24, 2.45) is 0 Å². The van der Waals surface area contributed by atoms with Crippen molar-refractivity contribution in [3.05, 3.63) is 65.2 Å². The first-order valence-corrected chi connectivity index (χ1v) is 11.9. The number of rotatable bonds is 5. The van der Waals surface area contributed by atoms with Crippen molar-refractivity contribution in [3.8, 4) is 28.4 Å². The molecule has 2 N–H and O–H groups in total. The van der Waals surface area contributed by atoms with Gasteiger partial charge in [-0.2, -0.15) is 4.98 Å². The molecular weight excluding hydrogens is 450 g/mol. The lowest BCUT2D eigenvalue weighted by Crippen LogP contribution is -2.32. The van der Waals surface area contributed by atoms with Crippen molar-refractivity contribution in [3.63, 3.8) is 0 Å². The highest BCUT2D eigenvalue weighted by Gasteiger charge is 2.22. The third-order valence-electron chi connectivity index (χ3n) is 6.23. The molecule has 0 unspecified atom stereocenters. The maximum atomic E-state index is 10.2. The Hall–Kier alpha value is -2.93. The second-order valence-electron chi connectivity index (χ2n) is 9.41. The molecule has 1 fully saturated rings. The van der Waals surface area contributed by atoms with E-state index >= 15 is 0 Å². The highest BCUT2D eigenvalue weighted by atomic mass is 35.5. The number of ether oxygens (including phenoxy) is 2. The zero-order valence-electron chi connectivity index (χ0n) is 19.5. The van der Waals surface area contributed by atoms with Crippen molar-refractivity contribution in [2.75, 3.05) is 6.61 Å². The topological polar surface area (TPSA) is 80.3 Å². The van der Waals surface area contributed by atoms with Gasteiger partial charge in [0.25, 0.3) is 6.01 Å². The fourth-order valence-corrected chi connectivity index (χ4v) is 4.42. The van der Waals surface area contributed by atoms with Crippen LogP contribution >= 0.6 is 11.6 Å². The molecule has 0 spiro atoms. The van der Waals surface area contributed by atoms with Crippen molar-refractivity contribution >= 4 is 22.8 Å². The van der Waals surface area contributed by atoms with Gasteiger partial charge in [0, 0.05) is 5.56 Å². The molecular formula is C27H28ClN3O3. The Kier molecular flexibility index (Phi) is 6.06. The first kappa shape index (κ1) is 22.8. The van der Waals surface area contributed by atoms with E-state index in [1.165, 1.54) is 0 Å². The van der Waals surface area contributed by atoms with Crippen molar-refractivity contribution in [2.45, 2.75) is 51.4 Å². The zero-order valence-corrected chi connectivity index (χ0v) is 20.3. The van der Waals surface area contributed by atoms with Gasteiger partial charge in [-0.05, 0) is 56.4 Å². The number of halogens is 1. The van der Waals surface area contributed by atoms with E-state index in [1.807, 2.05) is 54.6 Å². The van der Waals surface area contributed by atoms with Crippen LogP contribution in [0.25, 0.3) is 33.5 Å². The van der Waals surface area contributed by atoms with Crippen molar-refractivity contribution in [1.29, 1.82) is 0 Å². The molecule has 2 aromatic heterocycles.